The third-order valence-electron chi connectivity index (χ3n) is 8.04. The third-order valence-corrected chi connectivity index (χ3v) is 8.04. The van der Waals surface area contributed by atoms with Crippen LogP contribution in [0.5, 0.6) is 0 Å². The zero-order chi connectivity index (χ0) is 23.7. The summed E-state index contributed by atoms with van der Waals surface area (Å²) in [6.45, 7) is 1.72. The predicted molar refractivity (Wildman–Crippen MR) is 121 cm³/mol. The van der Waals surface area contributed by atoms with Crippen LogP contribution in [0.15, 0.2) is 48.9 Å². The van der Waals surface area contributed by atoms with Gasteiger partial charge in [-0.2, -0.15) is 10.5 Å². The number of nitrogens with zero attached hydrogens (tertiary/aromatic N) is 8. The van der Waals surface area contributed by atoms with Gasteiger partial charge in [-0.05, 0) is 35.7 Å². The highest BCUT2D eigenvalue weighted by molar-refractivity contribution is 5.94. The molecule has 0 radical (unpaired) electrons. The van der Waals surface area contributed by atoms with E-state index in [2.05, 4.69) is 33.6 Å². The Morgan fingerprint density at radius 1 is 1.14 bits per heavy atom. The molecule has 2 aromatic heterocycles. The summed E-state index contributed by atoms with van der Waals surface area (Å²) in [6.07, 6.45) is 7.46. The Morgan fingerprint density at radius 3 is 2.66 bits per heavy atom. The van der Waals surface area contributed by atoms with Crippen LogP contribution in [0.4, 0.5) is 10.5 Å². The SMILES string of the molecule is N#CN1C[C@@H]2[C@H](C1)C2(C#N)c1ccc(-c2ccc3c(c2)C[C@H]2[C@H](Cn4ccnn4)OC(=O)N32)cn1. The number of rotatable bonds is 4. The van der Waals surface area contributed by atoms with Gasteiger partial charge < -0.3 is 9.64 Å². The van der Waals surface area contributed by atoms with Crippen molar-refractivity contribution in [2.24, 2.45) is 11.8 Å². The molecule has 1 aromatic carbocycles. The summed E-state index contributed by atoms with van der Waals surface area (Å²) >= 11 is 0. The fourth-order valence-corrected chi connectivity index (χ4v) is 6.25. The summed E-state index contributed by atoms with van der Waals surface area (Å²) < 4.78 is 7.30. The molecule has 5 heterocycles. The molecule has 7 rings (SSSR count). The van der Waals surface area contributed by atoms with Crippen molar-refractivity contribution in [1.29, 1.82) is 10.5 Å². The molecular weight excluding hydrogens is 444 g/mol. The first-order valence-corrected chi connectivity index (χ1v) is 11.6. The number of ether oxygens (including phenoxy) is 1. The molecule has 1 saturated carbocycles. The summed E-state index contributed by atoms with van der Waals surface area (Å²) in [5.41, 5.74) is 4.17. The number of anilines is 1. The lowest BCUT2D eigenvalue weighted by atomic mass is 9.95. The van der Waals surface area contributed by atoms with E-state index in [4.69, 9.17) is 10.00 Å². The monoisotopic (exact) mass is 464 g/mol. The normalized spacial score (nSPS) is 29.7. The van der Waals surface area contributed by atoms with Gasteiger partial charge in [0.1, 0.15) is 11.5 Å². The molecule has 3 fully saturated rings. The fourth-order valence-electron chi connectivity index (χ4n) is 6.25. The maximum Gasteiger partial charge on any atom is 0.415 e. The van der Waals surface area contributed by atoms with E-state index in [1.807, 2.05) is 30.5 Å². The molecule has 4 aliphatic rings. The van der Waals surface area contributed by atoms with Gasteiger partial charge in [0.05, 0.1) is 36.2 Å². The van der Waals surface area contributed by atoms with Gasteiger partial charge >= 0.3 is 6.09 Å². The largest absolute Gasteiger partial charge is 0.442 e. The van der Waals surface area contributed by atoms with E-state index in [1.165, 1.54) is 0 Å². The molecule has 1 aliphatic carbocycles. The smallest absolute Gasteiger partial charge is 0.415 e. The Kier molecular flexibility index (Phi) is 4.01. The number of benzene rings is 1. The average molecular weight is 464 g/mol. The highest BCUT2D eigenvalue weighted by Gasteiger charge is 2.71. The molecule has 0 bridgehead atoms. The first-order chi connectivity index (χ1) is 17.1. The number of hydrogen-bond acceptors (Lipinski definition) is 8. The number of cyclic esters (lactones) is 1. The van der Waals surface area contributed by atoms with Crippen LogP contribution in [0.25, 0.3) is 11.1 Å². The van der Waals surface area contributed by atoms with Crippen LogP contribution in [0.1, 0.15) is 11.3 Å². The summed E-state index contributed by atoms with van der Waals surface area (Å²) in [4.78, 5) is 20.8. The Labute approximate surface area is 200 Å². The number of fused-ring (bicyclic) bond motifs is 4. The number of pyridine rings is 1. The van der Waals surface area contributed by atoms with Crippen LogP contribution < -0.4 is 4.90 Å². The van der Waals surface area contributed by atoms with Crippen molar-refractivity contribution in [3.8, 4) is 23.4 Å². The van der Waals surface area contributed by atoms with Gasteiger partial charge in [0, 0.05) is 42.9 Å². The van der Waals surface area contributed by atoms with Crippen molar-refractivity contribution in [1.82, 2.24) is 24.9 Å². The van der Waals surface area contributed by atoms with Crippen molar-refractivity contribution in [3.63, 3.8) is 0 Å². The standard InChI is InChI=1S/C25H20N8O2/c26-13-25(18-10-31(14-27)11-19(18)25)23-4-2-16(9-28-23)15-1-3-20-17(7-15)8-21-22(35-24(34)33(20)21)12-32-6-5-29-30-32/h1-7,9,18-19,21-22H,8,10-12H2/t18-,19+,21-,22-,25?/m0/s1. The molecular formula is C25H20N8O2. The molecule has 2 saturated heterocycles. The number of amides is 1. The molecule has 1 unspecified atom stereocenters. The Morgan fingerprint density at radius 2 is 1.97 bits per heavy atom. The van der Waals surface area contributed by atoms with E-state index >= 15 is 0 Å². The van der Waals surface area contributed by atoms with Gasteiger partial charge in [-0.15, -0.1) is 5.10 Å². The number of carbonyl (C=O) groups excluding carboxylic acids is 1. The second-order valence-corrected chi connectivity index (χ2v) is 9.66. The van der Waals surface area contributed by atoms with Crippen LogP contribution in [0.3, 0.4) is 0 Å². The van der Waals surface area contributed by atoms with Gasteiger partial charge in [-0.25, -0.2) is 9.48 Å². The highest BCUT2D eigenvalue weighted by atomic mass is 16.6. The third kappa shape index (κ3) is 2.74. The van der Waals surface area contributed by atoms with Gasteiger partial charge in [0.15, 0.2) is 6.19 Å². The fraction of sp³-hybridized carbons (Fsp3) is 0.360. The predicted octanol–water partition coefficient (Wildman–Crippen LogP) is 2.09. The zero-order valence-corrected chi connectivity index (χ0v) is 18.7. The van der Waals surface area contributed by atoms with Crippen LogP contribution in [0, 0.1) is 34.6 Å². The van der Waals surface area contributed by atoms with Crippen LogP contribution in [-0.4, -0.2) is 56.2 Å². The molecule has 0 spiro atoms. The molecule has 10 nitrogen and oxygen atoms in total. The molecule has 172 valence electrons. The number of aromatic nitrogens is 4. The van der Waals surface area contributed by atoms with E-state index in [0.717, 1.165) is 28.1 Å². The van der Waals surface area contributed by atoms with Gasteiger partial charge in [-0.3, -0.25) is 9.88 Å². The average Bonchev–Trinajstić information content (AvgIpc) is 3.47. The van der Waals surface area contributed by atoms with Gasteiger partial charge in [0.25, 0.3) is 0 Å². The number of carbonyl (C=O) groups is 1. The minimum absolute atomic E-state index is 0.0739. The van der Waals surface area contributed by atoms with Gasteiger partial charge in [0.2, 0.25) is 0 Å². The van der Waals surface area contributed by atoms with E-state index in [0.29, 0.717) is 26.1 Å². The van der Waals surface area contributed by atoms with Crippen LogP contribution in [0.2, 0.25) is 0 Å². The topological polar surface area (TPSA) is 124 Å². The summed E-state index contributed by atoms with van der Waals surface area (Å²) in [5.74, 6) is 0.341. The minimum atomic E-state index is -0.575. The van der Waals surface area contributed by atoms with Crippen LogP contribution in [-0.2, 0) is 23.1 Å². The highest BCUT2D eigenvalue weighted by Crippen LogP contribution is 2.62. The summed E-state index contributed by atoms with van der Waals surface area (Å²) in [6, 6.07) is 12.5. The number of piperidine rings is 1. The summed E-state index contributed by atoms with van der Waals surface area (Å²) in [5, 5.41) is 26.9. The van der Waals surface area contributed by atoms with Crippen molar-refractivity contribution >= 4 is 11.8 Å². The molecule has 10 heteroatoms. The van der Waals surface area contributed by atoms with Crippen LogP contribution >= 0.6 is 0 Å². The molecule has 3 aliphatic heterocycles. The zero-order valence-electron chi connectivity index (χ0n) is 18.7. The molecule has 5 atom stereocenters. The first-order valence-electron chi connectivity index (χ1n) is 11.6. The van der Waals surface area contributed by atoms with E-state index in [-0.39, 0.29) is 30.1 Å². The Balaban J connectivity index is 1.12. The van der Waals surface area contributed by atoms with E-state index < -0.39 is 5.41 Å². The molecule has 3 aromatic rings. The van der Waals surface area contributed by atoms with Crippen molar-refractivity contribution in [2.45, 2.75) is 30.5 Å². The van der Waals surface area contributed by atoms with Gasteiger partial charge in [-0.1, -0.05) is 17.3 Å². The Hall–Kier alpha value is -4.44. The maximum atomic E-state index is 12.6. The number of nitriles is 2. The molecule has 1 amide bonds. The van der Waals surface area contributed by atoms with Crippen molar-refractivity contribution in [3.05, 3.63) is 60.2 Å². The molecule has 0 N–H and O–H groups in total. The van der Waals surface area contributed by atoms with E-state index in [1.54, 1.807) is 26.9 Å². The minimum Gasteiger partial charge on any atom is -0.442 e. The second-order valence-electron chi connectivity index (χ2n) is 9.66. The van der Waals surface area contributed by atoms with E-state index in [9.17, 15) is 10.1 Å². The Bertz CT molecular complexity index is 1410. The van der Waals surface area contributed by atoms with Crippen molar-refractivity contribution < 1.29 is 9.53 Å². The lowest BCUT2D eigenvalue weighted by molar-refractivity contribution is 0.117. The summed E-state index contributed by atoms with van der Waals surface area (Å²) in [7, 11) is 0. The maximum absolute atomic E-state index is 12.6. The lowest BCUT2D eigenvalue weighted by Crippen LogP contribution is -2.35. The quantitative estimate of drug-likeness (QED) is 0.538. The second kappa shape index (κ2) is 7.03. The van der Waals surface area contributed by atoms with Crippen molar-refractivity contribution in [2.75, 3.05) is 18.0 Å². The number of likely N-dealkylation sites (tertiary alicyclic amines) is 1. The lowest BCUT2D eigenvalue weighted by Gasteiger charge is -2.17. The number of hydrogen-bond donors (Lipinski definition) is 0. The first kappa shape index (κ1) is 20.0. The molecule has 35 heavy (non-hydrogen) atoms.